The zero-order valence-corrected chi connectivity index (χ0v) is 19.4. The average Bonchev–Trinajstić information content (AvgIpc) is 2.74. The van der Waals surface area contributed by atoms with Crippen LogP contribution in [-0.4, -0.2) is 80.7 Å². The van der Waals surface area contributed by atoms with Crippen LogP contribution in [0.5, 0.6) is 0 Å². The molecule has 8 nitrogen and oxygen atoms in total. The molecule has 29 heavy (non-hydrogen) atoms. The molecule has 1 N–H and O–H groups in total. The lowest BCUT2D eigenvalue weighted by Crippen LogP contribution is -2.55. The van der Waals surface area contributed by atoms with Crippen LogP contribution in [0.15, 0.2) is 29.3 Å². The van der Waals surface area contributed by atoms with Gasteiger partial charge in [0.15, 0.2) is 5.96 Å². The molecule has 0 aromatic heterocycles. The normalized spacial score (nSPS) is 16.6. The first-order chi connectivity index (χ1) is 13.6. The minimum atomic E-state index is -0.274. The van der Waals surface area contributed by atoms with Crippen molar-refractivity contribution in [2.75, 3.05) is 57.8 Å². The largest absolute Gasteiger partial charge is 0.450 e. The predicted octanol–water partition coefficient (Wildman–Crippen LogP) is 1.93. The van der Waals surface area contributed by atoms with Crippen LogP contribution in [0.4, 0.5) is 10.5 Å². The maximum absolute atomic E-state index is 12.8. The summed E-state index contributed by atoms with van der Waals surface area (Å²) < 4.78 is 5.05. The van der Waals surface area contributed by atoms with E-state index in [2.05, 4.69) is 21.3 Å². The number of para-hydroxylation sites is 1. The van der Waals surface area contributed by atoms with E-state index in [9.17, 15) is 9.59 Å². The molecule has 1 aromatic rings. The Balaban J connectivity index is 0.00000300. The van der Waals surface area contributed by atoms with Gasteiger partial charge in [0.1, 0.15) is 0 Å². The molecular formula is C20H30IN5O3. The quantitative estimate of drug-likeness (QED) is 0.379. The Kier molecular flexibility index (Phi) is 8.99. The van der Waals surface area contributed by atoms with E-state index in [4.69, 9.17) is 4.74 Å². The van der Waals surface area contributed by atoms with Crippen LogP contribution in [0, 0.1) is 0 Å². The molecule has 1 saturated heterocycles. The van der Waals surface area contributed by atoms with Crippen LogP contribution in [0.2, 0.25) is 0 Å². The first-order valence-electron chi connectivity index (χ1n) is 9.89. The molecule has 1 fully saturated rings. The molecule has 0 bridgehead atoms. The molecule has 0 aliphatic carbocycles. The maximum Gasteiger partial charge on any atom is 0.409 e. The van der Waals surface area contributed by atoms with E-state index in [1.54, 1.807) is 18.9 Å². The summed E-state index contributed by atoms with van der Waals surface area (Å²) in [5, 5.41) is 3.19. The number of nitrogens with zero attached hydrogens (tertiary/aromatic N) is 4. The molecule has 0 saturated carbocycles. The highest BCUT2D eigenvalue weighted by atomic mass is 127. The second-order valence-electron chi connectivity index (χ2n) is 6.85. The molecule has 160 valence electrons. The van der Waals surface area contributed by atoms with Crippen LogP contribution in [0.25, 0.3) is 0 Å². The number of halogens is 1. The van der Waals surface area contributed by atoms with Crippen LogP contribution >= 0.6 is 24.0 Å². The first-order valence-corrected chi connectivity index (χ1v) is 9.89. The summed E-state index contributed by atoms with van der Waals surface area (Å²) >= 11 is 0. The van der Waals surface area contributed by atoms with Gasteiger partial charge in [0, 0.05) is 45.5 Å². The topological polar surface area (TPSA) is 77.5 Å². The zero-order chi connectivity index (χ0) is 19.9. The Morgan fingerprint density at radius 1 is 1.10 bits per heavy atom. The number of carbonyl (C=O) groups excluding carboxylic acids is 2. The highest BCUT2D eigenvalue weighted by molar-refractivity contribution is 14.0. The summed E-state index contributed by atoms with van der Waals surface area (Å²) in [7, 11) is 1.71. The summed E-state index contributed by atoms with van der Waals surface area (Å²) in [6.07, 6.45) is 1.72. The van der Waals surface area contributed by atoms with Gasteiger partial charge in [-0.1, -0.05) is 18.2 Å². The SMILES string of the molecule is CCOC(=O)N1CCN(C(=NC)NCC(=O)N2CCCc3ccccc32)CC1.I. The number of ether oxygens (including phenoxy) is 1. The fraction of sp³-hybridized carbons (Fsp3) is 0.550. The van der Waals surface area contributed by atoms with Gasteiger partial charge in [0.05, 0.1) is 13.2 Å². The van der Waals surface area contributed by atoms with Crippen LogP contribution < -0.4 is 10.2 Å². The number of hydrogen-bond acceptors (Lipinski definition) is 4. The number of benzene rings is 1. The van der Waals surface area contributed by atoms with Gasteiger partial charge in [-0.3, -0.25) is 9.79 Å². The minimum Gasteiger partial charge on any atom is -0.450 e. The third-order valence-corrected chi connectivity index (χ3v) is 5.13. The summed E-state index contributed by atoms with van der Waals surface area (Å²) in [5.74, 6) is 0.723. The van der Waals surface area contributed by atoms with Crippen molar-refractivity contribution in [1.29, 1.82) is 0 Å². The Morgan fingerprint density at radius 3 is 2.48 bits per heavy atom. The molecule has 0 unspecified atom stereocenters. The van der Waals surface area contributed by atoms with Gasteiger partial charge in [-0.25, -0.2) is 4.79 Å². The number of hydrogen-bond donors (Lipinski definition) is 1. The highest BCUT2D eigenvalue weighted by Crippen LogP contribution is 2.26. The smallest absolute Gasteiger partial charge is 0.409 e. The fourth-order valence-electron chi connectivity index (χ4n) is 3.69. The summed E-state index contributed by atoms with van der Waals surface area (Å²) in [6, 6.07) is 8.09. The van der Waals surface area contributed by atoms with Crippen LogP contribution in [-0.2, 0) is 16.0 Å². The summed E-state index contributed by atoms with van der Waals surface area (Å²) in [6.45, 7) is 5.58. The van der Waals surface area contributed by atoms with E-state index in [0.29, 0.717) is 38.7 Å². The highest BCUT2D eigenvalue weighted by Gasteiger charge is 2.25. The lowest BCUT2D eigenvalue weighted by molar-refractivity contribution is -0.117. The molecular weight excluding hydrogens is 485 g/mol. The predicted molar refractivity (Wildman–Crippen MR) is 124 cm³/mol. The Bertz CT molecular complexity index is 735. The van der Waals surface area contributed by atoms with E-state index < -0.39 is 0 Å². The van der Waals surface area contributed by atoms with Gasteiger partial charge in [0.25, 0.3) is 0 Å². The van der Waals surface area contributed by atoms with E-state index in [0.717, 1.165) is 25.1 Å². The van der Waals surface area contributed by atoms with Gasteiger partial charge in [-0.15, -0.1) is 24.0 Å². The number of aryl methyl sites for hydroxylation is 1. The van der Waals surface area contributed by atoms with Crippen molar-refractivity contribution in [3.8, 4) is 0 Å². The number of rotatable bonds is 3. The molecule has 2 heterocycles. The number of nitrogens with one attached hydrogen (secondary N) is 1. The number of amides is 2. The van der Waals surface area contributed by atoms with E-state index >= 15 is 0 Å². The average molecular weight is 515 g/mol. The van der Waals surface area contributed by atoms with Crippen molar-refractivity contribution in [2.24, 2.45) is 4.99 Å². The second kappa shape index (κ2) is 11.2. The standard InChI is InChI=1S/C20H29N5O3.HI/c1-3-28-20(27)24-13-11-23(12-14-24)19(21-2)22-15-18(26)25-10-6-8-16-7-4-5-9-17(16)25;/h4-5,7,9H,3,6,8,10-15H2,1-2H3,(H,21,22);1H. The first kappa shape index (κ1) is 23.2. The molecule has 2 amide bonds. The minimum absolute atomic E-state index is 0. The molecule has 0 atom stereocenters. The number of aliphatic imine (C=N–C) groups is 1. The molecule has 1 aromatic carbocycles. The Hall–Kier alpha value is -2.04. The third kappa shape index (κ3) is 5.74. The summed E-state index contributed by atoms with van der Waals surface area (Å²) in [5.41, 5.74) is 2.24. The molecule has 0 spiro atoms. The van der Waals surface area contributed by atoms with Gasteiger partial charge in [-0.2, -0.15) is 0 Å². The maximum atomic E-state index is 12.8. The van der Waals surface area contributed by atoms with E-state index in [1.165, 1.54) is 5.56 Å². The lowest BCUT2D eigenvalue weighted by Gasteiger charge is -2.36. The second-order valence-corrected chi connectivity index (χ2v) is 6.85. The van der Waals surface area contributed by atoms with Crippen molar-refractivity contribution in [3.05, 3.63) is 29.8 Å². The molecule has 3 rings (SSSR count). The molecule has 2 aliphatic heterocycles. The van der Waals surface area contributed by atoms with Gasteiger partial charge >= 0.3 is 6.09 Å². The Morgan fingerprint density at radius 2 is 1.79 bits per heavy atom. The third-order valence-electron chi connectivity index (χ3n) is 5.13. The number of fused-ring (bicyclic) bond motifs is 1. The van der Waals surface area contributed by atoms with Crippen LogP contribution in [0.3, 0.4) is 0 Å². The van der Waals surface area contributed by atoms with Crippen molar-refractivity contribution in [3.63, 3.8) is 0 Å². The van der Waals surface area contributed by atoms with Crippen LogP contribution in [0.1, 0.15) is 18.9 Å². The monoisotopic (exact) mass is 515 g/mol. The molecule has 2 aliphatic rings. The van der Waals surface area contributed by atoms with E-state index in [-0.39, 0.29) is 42.5 Å². The van der Waals surface area contributed by atoms with Crippen molar-refractivity contribution >= 4 is 47.6 Å². The Labute approximate surface area is 189 Å². The lowest BCUT2D eigenvalue weighted by atomic mass is 10.0. The van der Waals surface area contributed by atoms with Crippen molar-refractivity contribution in [1.82, 2.24) is 15.1 Å². The fourth-order valence-corrected chi connectivity index (χ4v) is 3.69. The molecule has 0 radical (unpaired) electrons. The van der Waals surface area contributed by atoms with Crippen molar-refractivity contribution < 1.29 is 14.3 Å². The van der Waals surface area contributed by atoms with Crippen molar-refractivity contribution in [2.45, 2.75) is 19.8 Å². The number of piperazine rings is 1. The number of carbonyl (C=O) groups is 2. The van der Waals surface area contributed by atoms with E-state index in [1.807, 2.05) is 23.1 Å². The van der Waals surface area contributed by atoms with Gasteiger partial charge in [-0.05, 0) is 31.4 Å². The summed E-state index contributed by atoms with van der Waals surface area (Å²) in [4.78, 5) is 34.5. The number of guanidine groups is 1. The van der Waals surface area contributed by atoms with Gasteiger partial charge in [0.2, 0.25) is 5.91 Å². The zero-order valence-electron chi connectivity index (χ0n) is 17.1. The van der Waals surface area contributed by atoms with Gasteiger partial charge < -0.3 is 24.8 Å². The molecule has 9 heteroatoms. The number of anilines is 1.